The van der Waals surface area contributed by atoms with Crippen LogP contribution in [0.2, 0.25) is 5.02 Å². The monoisotopic (exact) mass is 406 g/mol. The number of nitrogens with one attached hydrogen (secondary N) is 3. The zero-order valence-electron chi connectivity index (χ0n) is 15.9. The smallest absolute Gasteiger partial charge is 0.315 e. The van der Waals surface area contributed by atoms with Gasteiger partial charge in [0.05, 0.1) is 10.7 Å². The van der Waals surface area contributed by atoms with Gasteiger partial charge >= 0.3 is 6.03 Å². The molecule has 1 aromatic carbocycles. The third kappa shape index (κ3) is 5.61. The van der Waals surface area contributed by atoms with Crippen molar-refractivity contribution in [1.82, 2.24) is 10.6 Å². The molecule has 1 saturated heterocycles. The Morgan fingerprint density at radius 3 is 2.61 bits per heavy atom. The first-order valence-electron chi connectivity index (χ1n) is 9.97. The van der Waals surface area contributed by atoms with Crippen LogP contribution in [0.1, 0.15) is 51.4 Å². The summed E-state index contributed by atoms with van der Waals surface area (Å²) >= 11 is 6.29. The molecule has 0 aromatic heterocycles. The number of anilines is 2. The van der Waals surface area contributed by atoms with E-state index < -0.39 is 0 Å². The van der Waals surface area contributed by atoms with Crippen LogP contribution in [0, 0.1) is 0 Å². The first kappa shape index (κ1) is 20.5. The van der Waals surface area contributed by atoms with Gasteiger partial charge in [0.1, 0.15) is 0 Å². The lowest BCUT2D eigenvalue weighted by atomic mass is 9.96. The summed E-state index contributed by atoms with van der Waals surface area (Å²) in [4.78, 5) is 37.5. The number of benzene rings is 1. The Morgan fingerprint density at radius 2 is 1.93 bits per heavy atom. The molecule has 8 heteroatoms. The molecular formula is C20H27ClN4O3. The molecule has 7 nitrogen and oxygen atoms in total. The van der Waals surface area contributed by atoms with Gasteiger partial charge in [-0.25, -0.2) is 4.79 Å². The van der Waals surface area contributed by atoms with Gasteiger partial charge in [0.15, 0.2) is 0 Å². The third-order valence-corrected chi connectivity index (χ3v) is 5.48. The molecule has 0 atom stereocenters. The van der Waals surface area contributed by atoms with E-state index in [1.807, 2.05) is 0 Å². The van der Waals surface area contributed by atoms with Crippen LogP contribution in [-0.2, 0) is 9.59 Å². The van der Waals surface area contributed by atoms with Crippen molar-refractivity contribution in [2.24, 2.45) is 0 Å². The number of carbonyl (C=O) groups is 3. The minimum Gasteiger partial charge on any atom is -0.338 e. The fourth-order valence-electron chi connectivity index (χ4n) is 3.70. The minimum atomic E-state index is -0.220. The lowest BCUT2D eigenvalue weighted by molar-refractivity contribution is -0.117. The lowest BCUT2D eigenvalue weighted by Crippen LogP contribution is -2.43. The van der Waals surface area contributed by atoms with Crippen LogP contribution in [-0.4, -0.2) is 37.0 Å². The summed E-state index contributed by atoms with van der Waals surface area (Å²) in [5.74, 6) is -0.143. The van der Waals surface area contributed by atoms with E-state index in [4.69, 9.17) is 11.6 Å². The molecule has 1 saturated carbocycles. The SMILES string of the molecule is O=C(CCNC(=O)NC1CCCCC1)Nc1ccc(N2CCCC2=O)c(Cl)c1. The number of hydrogen-bond donors (Lipinski definition) is 3. The van der Waals surface area contributed by atoms with Crippen molar-refractivity contribution < 1.29 is 14.4 Å². The Kier molecular flexibility index (Phi) is 7.14. The summed E-state index contributed by atoms with van der Waals surface area (Å²) in [6.07, 6.45) is 7.12. The Bertz CT molecular complexity index is 734. The second-order valence-corrected chi connectivity index (χ2v) is 7.76. The normalized spacial score (nSPS) is 17.5. The fourth-order valence-corrected chi connectivity index (χ4v) is 3.99. The summed E-state index contributed by atoms with van der Waals surface area (Å²) in [6, 6.07) is 5.14. The summed E-state index contributed by atoms with van der Waals surface area (Å²) < 4.78 is 0. The molecule has 2 fully saturated rings. The summed E-state index contributed by atoms with van der Waals surface area (Å²) in [5, 5.41) is 8.88. The van der Waals surface area contributed by atoms with Crippen LogP contribution in [0.4, 0.5) is 16.2 Å². The van der Waals surface area contributed by atoms with Gasteiger partial charge in [0.25, 0.3) is 0 Å². The van der Waals surface area contributed by atoms with Gasteiger partial charge < -0.3 is 20.9 Å². The second-order valence-electron chi connectivity index (χ2n) is 7.35. The highest BCUT2D eigenvalue weighted by molar-refractivity contribution is 6.34. The molecule has 1 aromatic rings. The standard InChI is InChI=1S/C20H27ClN4O3/c21-16-13-15(8-9-17(16)25-12-4-7-19(25)27)23-18(26)10-11-22-20(28)24-14-5-2-1-3-6-14/h8-9,13-14H,1-7,10-12H2,(H,23,26)(H2,22,24,28). The Balaban J connectivity index is 1.41. The average molecular weight is 407 g/mol. The number of halogens is 1. The Hall–Kier alpha value is -2.28. The van der Waals surface area contributed by atoms with Crippen molar-refractivity contribution in [3.63, 3.8) is 0 Å². The van der Waals surface area contributed by atoms with Crippen molar-refractivity contribution in [2.75, 3.05) is 23.3 Å². The summed E-state index contributed by atoms with van der Waals surface area (Å²) in [7, 11) is 0. The van der Waals surface area contributed by atoms with E-state index in [0.717, 1.165) is 32.1 Å². The molecule has 1 aliphatic carbocycles. The highest BCUT2D eigenvalue weighted by Gasteiger charge is 2.23. The van der Waals surface area contributed by atoms with Crippen molar-refractivity contribution >= 4 is 40.8 Å². The largest absolute Gasteiger partial charge is 0.338 e. The van der Waals surface area contributed by atoms with Gasteiger partial charge in [-0.15, -0.1) is 0 Å². The maximum atomic E-state index is 12.1. The topological polar surface area (TPSA) is 90.5 Å². The van der Waals surface area contributed by atoms with E-state index in [-0.39, 0.29) is 36.9 Å². The maximum absolute atomic E-state index is 12.1. The highest BCUT2D eigenvalue weighted by Crippen LogP contribution is 2.31. The van der Waals surface area contributed by atoms with Gasteiger partial charge in [-0.3, -0.25) is 9.59 Å². The van der Waals surface area contributed by atoms with Gasteiger partial charge in [0.2, 0.25) is 11.8 Å². The molecule has 1 heterocycles. The number of amides is 4. The first-order valence-corrected chi connectivity index (χ1v) is 10.3. The lowest BCUT2D eigenvalue weighted by Gasteiger charge is -2.22. The predicted octanol–water partition coefficient (Wildman–Crippen LogP) is 3.43. The Labute approximate surface area is 170 Å². The van der Waals surface area contributed by atoms with Crippen LogP contribution in [0.5, 0.6) is 0 Å². The second kappa shape index (κ2) is 9.78. The molecule has 1 aliphatic heterocycles. The highest BCUT2D eigenvalue weighted by atomic mass is 35.5. The zero-order chi connectivity index (χ0) is 19.9. The molecule has 3 rings (SSSR count). The van der Waals surface area contributed by atoms with Crippen molar-refractivity contribution in [3.8, 4) is 0 Å². The van der Waals surface area contributed by atoms with Crippen LogP contribution in [0.25, 0.3) is 0 Å². The zero-order valence-corrected chi connectivity index (χ0v) is 16.7. The van der Waals surface area contributed by atoms with Crippen LogP contribution < -0.4 is 20.9 Å². The fraction of sp³-hybridized carbons (Fsp3) is 0.550. The molecule has 152 valence electrons. The number of urea groups is 1. The van der Waals surface area contributed by atoms with Gasteiger partial charge in [-0.05, 0) is 37.5 Å². The number of rotatable bonds is 6. The molecule has 0 unspecified atom stereocenters. The van der Waals surface area contributed by atoms with Crippen LogP contribution in [0.15, 0.2) is 18.2 Å². The van der Waals surface area contributed by atoms with Crippen molar-refractivity contribution in [3.05, 3.63) is 23.2 Å². The minimum absolute atomic E-state index is 0.0660. The van der Waals surface area contributed by atoms with E-state index in [1.54, 1.807) is 23.1 Å². The quantitative estimate of drug-likeness (QED) is 0.676. The summed E-state index contributed by atoms with van der Waals surface area (Å²) in [6.45, 7) is 0.928. The average Bonchev–Trinajstić information content (AvgIpc) is 3.08. The predicted molar refractivity (Wildman–Crippen MR) is 110 cm³/mol. The first-order chi connectivity index (χ1) is 13.5. The van der Waals surface area contributed by atoms with E-state index in [0.29, 0.717) is 29.4 Å². The van der Waals surface area contributed by atoms with E-state index in [1.165, 1.54) is 6.42 Å². The summed E-state index contributed by atoms with van der Waals surface area (Å²) in [5.41, 5.74) is 1.24. The molecule has 2 aliphatic rings. The van der Waals surface area contributed by atoms with Gasteiger partial charge in [-0.2, -0.15) is 0 Å². The molecule has 0 spiro atoms. The van der Waals surface area contributed by atoms with Crippen molar-refractivity contribution in [2.45, 2.75) is 57.4 Å². The molecule has 3 N–H and O–H groups in total. The number of carbonyl (C=O) groups excluding carboxylic acids is 3. The van der Waals surface area contributed by atoms with Gasteiger partial charge in [0, 0.05) is 37.7 Å². The van der Waals surface area contributed by atoms with E-state index in [2.05, 4.69) is 16.0 Å². The van der Waals surface area contributed by atoms with Crippen molar-refractivity contribution in [1.29, 1.82) is 0 Å². The molecule has 4 amide bonds. The maximum Gasteiger partial charge on any atom is 0.315 e. The third-order valence-electron chi connectivity index (χ3n) is 5.17. The number of hydrogen-bond acceptors (Lipinski definition) is 3. The molecular weight excluding hydrogens is 380 g/mol. The van der Waals surface area contributed by atoms with E-state index >= 15 is 0 Å². The van der Waals surface area contributed by atoms with Crippen LogP contribution in [0.3, 0.4) is 0 Å². The molecule has 0 radical (unpaired) electrons. The number of nitrogens with zero attached hydrogens (tertiary/aromatic N) is 1. The molecule has 0 bridgehead atoms. The Morgan fingerprint density at radius 1 is 1.14 bits per heavy atom. The van der Waals surface area contributed by atoms with Gasteiger partial charge in [-0.1, -0.05) is 30.9 Å². The van der Waals surface area contributed by atoms with Crippen LogP contribution >= 0.6 is 11.6 Å². The van der Waals surface area contributed by atoms with E-state index in [9.17, 15) is 14.4 Å². The molecule has 28 heavy (non-hydrogen) atoms.